The van der Waals surface area contributed by atoms with E-state index in [9.17, 15) is 19.8 Å². The second-order valence-electron chi connectivity index (χ2n) is 6.81. The predicted octanol–water partition coefficient (Wildman–Crippen LogP) is 0.664. The maximum absolute atomic E-state index is 12.4. The minimum atomic E-state index is -1.06. The average Bonchev–Trinajstić information content (AvgIpc) is 2.88. The normalized spacial score (nSPS) is 42.5. The minimum absolute atomic E-state index is 0.0859. The van der Waals surface area contributed by atoms with Crippen molar-refractivity contribution >= 4 is 11.8 Å². The second-order valence-corrected chi connectivity index (χ2v) is 6.81. The number of hydrogen-bond donors (Lipinski definition) is 2. The molecule has 23 heavy (non-hydrogen) atoms. The first-order valence-electron chi connectivity index (χ1n) is 7.85. The first-order valence-corrected chi connectivity index (χ1v) is 7.85. The number of aliphatic hydroxyl groups excluding tert-OH is 2. The van der Waals surface area contributed by atoms with Gasteiger partial charge in [0.15, 0.2) is 5.78 Å². The Hall–Kier alpha value is -1.50. The summed E-state index contributed by atoms with van der Waals surface area (Å²) in [6.45, 7) is 4.78. The maximum Gasteiger partial charge on any atom is 0.333 e. The summed E-state index contributed by atoms with van der Waals surface area (Å²) in [4.78, 5) is 24.6. The van der Waals surface area contributed by atoms with Crippen molar-refractivity contribution < 1.29 is 29.3 Å². The number of esters is 1. The summed E-state index contributed by atoms with van der Waals surface area (Å²) < 4.78 is 11.6. The Morgan fingerprint density at radius 1 is 1.57 bits per heavy atom. The third-order valence-electron chi connectivity index (χ3n) is 5.42. The van der Waals surface area contributed by atoms with E-state index in [0.717, 1.165) is 0 Å². The molecule has 0 amide bonds. The van der Waals surface area contributed by atoms with Gasteiger partial charge in [-0.15, -0.1) is 0 Å². The van der Waals surface area contributed by atoms with Gasteiger partial charge in [-0.25, -0.2) is 4.79 Å². The monoisotopic (exact) mass is 322 g/mol. The number of carbonyl (C=O) groups excluding carboxylic acids is 2. The highest BCUT2D eigenvalue weighted by Crippen LogP contribution is 2.57. The van der Waals surface area contributed by atoms with E-state index in [0.29, 0.717) is 11.1 Å². The molecule has 2 bridgehead atoms. The topological polar surface area (TPSA) is 93.1 Å². The summed E-state index contributed by atoms with van der Waals surface area (Å²) in [6, 6.07) is 0. The van der Waals surface area contributed by atoms with Crippen molar-refractivity contribution in [3.8, 4) is 0 Å². The third-order valence-corrected chi connectivity index (χ3v) is 5.42. The molecule has 2 heterocycles. The van der Waals surface area contributed by atoms with Crippen LogP contribution in [-0.2, 0) is 19.1 Å². The largest absolute Gasteiger partial charge is 0.458 e. The van der Waals surface area contributed by atoms with Crippen molar-refractivity contribution in [1.29, 1.82) is 0 Å². The molecule has 6 heteroatoms. The van der Waals surface area contributed by atoms with Gasteiger partial charge < -0.3 is 19.7 Å². The lowest BCUT2D eigenvalue weighted by Gasteiger charge is -2.45. The molecule has 1 spiro atoms. The molecule has 3 rings (SSSR count). The number of hydrogen-bond acceptors (Lipinski definition) is 6. The van der Waals surface area contributed by atoms with Gasteiger partial charge in [-0.2, -0.15) is 0 Å². The molecule has 0 aromatic heterocycles. The number of aliphatic hydroxyl groups is 2. The van der Waals surface area contributed by atoms with Crippen molar-refractivity contribution in [3.05, 3.63) is 23.3 Å². The summed E-state index contributed by atoms with van der Waals surface area (Å²) in [7, 11) is 0. The molecule has 0 radical (unpaired) electrons. The van der Waals surface area contributed by atoms with Crippen LogP contribution in [-0.4, -0.2) is 52.0 Å². The van der Waals surface area contributed by atoms with Crippen LogP contribution in [0.25, 0.3) is 0 Å². The van der Waals surface area contributed by atoms with Gasteiger partial charge in [0, 0.05) is 18.4 Å². The zero-order valence-electron chi connectivity index (χ0n) is 13.5. The Morgan fingerprint density at radius 2 is 2.26 bits per heavy atom. The minimum Gasteiger partial charge on any atom is -0.458 e. The standard InChI is InChI=1S/C17H22O6/c1-4-9(2)15(21)22-12-6-16(3)13(20)7-17(23-16)10(8-18)5-11(19)14(12)17/h4-5,11-12,14,18-19H,6-8H2,1-3H3/b9-4-/t11-,12-,14-,16-,17+/m1/s1. The molecule has 0 saturated carbocycles. The Morgan fingerprint density at radius 3 is 2.87 bits per heavy atom. The zero-order valence-corrected chi connectivity index (χ0v) is 13.5. The van der Waals surface area contributed by atoms with Gasteiger partial charge in [0.25, 0.3) is 0 Å². The SMILES string of the molecule is C/C=C(/C)C(=O)O[C@@H]1C[C@@]2(C)O[C@@]3(CC2=O)C(CO)=C[C@@H](O)[C@H]13. The number of rotatable bonds is 3. The molecule has 5 atom stereocenters. The van der Waals surface area contributed by atoms with Crippen LogP contribution >= 0.6 is 0 Å². The summed E-state index contributed by atoms with van der Waals surface area (Å²) in [5.41, 5.74) is -1.15. The van der Waals surface area contributed by atoms with Crippen molar-refractivity contribution in [3.63, 3.8) is 0 Å². The highest BCUT2D eigenvalue weighted by Gasteiger charge is 2.68. The van der Waals surface area contributed by atoms with Gasteiger partial charge in [-0.3, -0.25) is 4.79 Å². The van der Waals surface area contributed by atoms with Crippen molar-refractivity contribution in [1.82, 2.24) is 0 Å². The van der Waals surface area contributed by atoms with E-state index in [1.807, 2.05) is 0 Å². The maximum atomic E-state index is 12.4. The van der Waals surface area contributed by atoms with E-state index in [4.69, 9.17) is 9.47 Å². The molecule has 1 aliphatic carbocycles. The van der Waals surface area contributed by atoms with E-state index in [1.165, 1.54) is 6.08 Å². The molecule has 126 valence electrons. The Labute approximate surface area is 134 Å². The lowest BCUT2D eigenvalue weighted by atomic mass is 9.78. The van der Waals surface area contributed by atoms with Crippen LogP contribution < -0.4 is 0 Å². The molecule has 2 fully saturated rings. The van der Waals surface area contributed by atoms with E-state index < -0.39 is 35.3 Å². The lowest BCUT2D eigenvalue weighted by molar-refractivity contribution is -0.207. The van der Waals surface area contributed by atoms with Crippen LogP contribution in [0.2, 0.25) is 0 Å². The van der Waals surface area contributed by atoms with Gasteiger partial charge in [0.2, 0.25) is 0 Å². The first-order chi connectivity index (χ1) is 10.8. The van der Waals surface area contributed by atoms with Gasteiger partial charge >= 0.3 is 5.97 Å². The summed E-state index contributed by atoms with van der Waals surface area (Å²) in [5.74, 6) is -1.12. The first kappa shape index (κ1) is 16.4. The molecule has 2 aliphatic heterocycles. The molecule has 2 N–H and O–H groups in total. The Balaban J connectivity index is 1.98. The molecular weight excluding hydrogens is 300 g/mol. The van der Waals surface area contributed by atoms with Crippen molar-refractivity contribution in [2.24, 2.45) is 5.92 Å². The number of Topliss-reactive ketones (excluding diaryl/α,β-unsaturated/α-hetero) is 1. The van der Waals surface area contributed by atoms with E-state index in [-0.39, 0.29) is 25.2 Å². The molecule has 0 unspecified atom stereocenters. The summed E-state index contributed by atoms with van der Waals surface area (Å²) in [5, 5.41) is 20.0. The fourth-order valence-electron chi connectivity index (χ4n) is 4.06. The summed E-state index contributed by atoms with van der Waals surface area (Å²) in [6.07, 6.45) is 1.92. The fraction of sp³-hybridized carbons (Fsp3) is 0.647. The molecule has 0 aromatic carbocycles. The van der Waals surface area contributed by atoms with Crippen LogP contribution in [0.1, 0.15) is 33.6 Å². The van der Waals surface area contributed by atoms with Gasteiger partial charge in [0.1, 0.15) is 17.3 Å². The number of ketones is 1. The predicted molar refractivity (Wildman–Crippen MR) is 80.4 cm³/mol. The number of carbonyl (C=O) groups is 2. The molecule has 6 nitrogen and oxygen atoms in total. The Bertz CT molecular complexity index is 621. The van der Waals surface area contributed by atoms with Crippen molar-refractivity contribution in [2.75, 3.05) is 6.61 Å². The van der Waals surface area contributed by atoms with Crippen LogP contribution in [0, 0.1) is 5.92 Å². The highest BCUT2D eigenvalue weighted by atomic mass is 16.6. The second kappa shape index (κ2) is 5.26. The molecule has 2 saturated heterocycles. The van der Waals surface area contributed by atoms with Crippen molar-refractivity contribution in [2.45, 2.75) is 57.0 Å². The van der Waals surface area contributed by atoms with Crippen LogP contribution in [0.3, 0.4) is 0 Å². The molecule has 0 aromatic rings. The van der Waals surface area contributed by atoms with Gasteiger partial charge in [-0.05, 0) is 26.3 Å². The third kappa shape index (κ3) is 2.20. The smallest absolute Gasteiger partial charge is 0.333 e. The van der Waals surface area contributed by atoms with Gasteiger partial charge in [0.05, 0.1) is 18.6 Å². The average molecular weight is 322 g/mol. The van der Waals surface area contributed by atoms with Gasteiger partial charge in [-0.1, -0.05) is 12.2 Å². The number of allylic oxidation sites excluding steroid dienone is 1. The van der Waals surface area contributed by atoms with Crippen LogP contribution in [0.15, 0.2) is 23.3 Å². The number of ether oxygens (including phenoxy) is 2. The zero-order chi connectivity index (χ0) is 17.0. The highest BCUT2D eigenvalue weighted by molar-refractivity contribution is 5.92. The van der Waals surface area contributed by atoms with Crippen LogP contribution in [0.4, 0.5) is 0 Å². The Kier molecular flexibility index (Phi) is 3.74. The van der Waals surface area contributed by atoms with E-state index >= 15 is 0 Å². The van der Waals surface area contributed by atoms with E-state index in [1.54, 1.807) is 26.8 Å². The van der Waals surface area contributed by atoms with Crippen LogP contribution in [0.5, 0.6) is 0 Å². The summed E-state index contributed by atoms with van der Waals surface area (Å²) >= 11 is 0. The lowest BCUT2D eigenvalue weighted by Crippen LogP contribution is -2.56. The molecular formula is C17H22O6. The van der Waals surface area contributed by atoms with E-state index in [2.05, 4.69) is 0 Å². The number of fused-ring (bicyclic) bond motifs is 1. The quantitative estimate of drug-likeness (QED) is 0.450. The fourth-order valence-corrected chi connectivity index (χ4v) is 4.06. The molecule has 3 aliphatic rings.